The molecule has 3 rings (SSSR count). The second-order valence-electron chi connectivity index (χ2n) is 6.25. The van der Waals surface area contributed by atoms with Gasteiger partial charge in [-0.3, -0.25) is 4.79 Å². The van der Waals surface area contributed by atoms with Gasteiger partial charge < -0.3 is 20.5 Å². The van der Waals surface area contributed by atoms with Crippen LogP contribution in [0.1, 0.15) is 32.1 Å². The van der Waals surface area contributed by atoms with Crippen LogP contribution in [0.25, 0.3) is 0 Å². The third-order valence-corrected chi connectivity index (χ3v) is 5.07. The Kier molecular flexibility index (Phi) is 3.69. The van der Waals surface area contributed by atoms with E-state index in [0.717, 1.165) is 25.7 Å². The molecule has 0 radical (unpaired) electrons. The first-order valence-electron chi connectivity index (χ1n) is 7.48. The fourth-order valence-electron chi connectivity index (χ4n) is 4.01. The first-order valence-corrected chi connectivity index (χ1v) is 7.48. The molecule has 0 bridgehead atoms. The Morgan fingerprint density at radius 2 is 1.95 bits per heavy atom. The van der Waals surface area contributed by atoms with Crippen molar-refractivity contribution in [2.24, 2.45) is 17.6 Å². The molecule has 0 aromatic rings. The van der Waals surface area contributed by atoms with E-state index < -0.39 is 12.0 Å². The number of rotatable bonds is 2. The van der Waals surface area contributed by atoms with Crippen LogP contribution in [0.2, 0.25) is 0 Å². The maximum Gasteiger partial charge on any atom is 0.326 e. The van der Waals surface area contributed by atoms with Crippen molar-refractivity contribution in [1.82, 2.24) is 4.90 Å². The normalized spacial score (nSPS) is 40.6. The number of carbonyl (C=O) groups excluding carboxylic acids is 1. The van der Waals surface area contributed by atoms with Crippen LogP contribution >= 0.6 is 0 Å². The van der Waals surface area contributed by atoms with Gasteiger partial charge in [0, 0.05) is 12.1 Å². The Morgan fingerprint density at radius 3 is 2.60 bits per heavy atom. The number of aliphatic carboxylic acids is 1. The fourth-order valence-corrected chi connectivity index (χ4v) is 4.01. The first kappa shape index (κ1) is 13.8. The van der Waals surface area contributed by atoms with Gasteiger partial charge in [-0.05, 0) is 25.2 Å². The molecule has 5 unspecified atom stereocenters. The average Bonchev–Trinajstić information content (AvgIpc) is 3.01. The zero-order valence-electron chi connectivity index (χ0n) is 11.5. The lowest BCUT2D eigenvalue weighted by atomic mass is 9.84. The summed E-state index contributed by atoms with van der Waals surface area (Å²) in [7, 11) is 0. The lowest BCUT2D eigenvalue weighted by Gasteiger charge is -2.34. The van der Waals surface area contributed by atoms with Crippen LogP contribution in [-0.2, 0) is 14.3 Å². The lowest BCUT2D eigenvalue weighted by Crippen LogP contribution is -2.51. The highest BCUT2D eigenvalue weighted by molar-refractivity contribution is 5.87. The van der Waals surface area contributed by atoms with Gasteiger partial charge in [-0.15, -0.1) is 0 Å². The molecule has 6 nitrogen and oxygen atoms in total. The van der Waals surface area contributed by atoms with Gasteiger partial charge in [0.15, 0.2) is 0 Å². The number of nitrogens with zero attached hydrogens (tertiary/aromatic N) is 1. The van der Waals surface area contributed by atoms with E-state index in [1.54, 1.807) is 4.90 Å². The standard InChI is InChI=1S/C14H22N2O4/c15-10-7-20-6-9(10)13(17)16-11-4-2-1-3-8(11)5-12(16)14(18)19/h8-12H,1-7,15H2,(H,18,19). The Morgan fingerprint density at radius 1 is 1.20 bits per heavy atom. The third-order valence-electron chi connectivity index (χ3n) is 5.07. The van der Waals surface area contributed by atoms with E-state index in [-0.39, 0.29) is 23.9 Å². The number of hydrogen-bond acceptors (Lipinski definition) is 4. The Labute approximate surface area is 118 Å². The van der Waals surface area contributed by atoms with Crippen LogP contribution in [0, 0.1) is 11.8 Å². The van der Waals surface area contributed by atoms with Gasteiger partial charge in [-0.2, -0.15) is 0 Å². The topological polar surface area (TPSA) is 92.9 Å². The van der Waals surface area contributed by atoms with Crippen molar-refractivity contribution in [1.29, 1.82) is 0 Å². The molecule has 0 aromatic heterocycles. The highest BCUT2D eigenvalue weighted by atomic mass is 16.5. The van der Waals surface area contributed by atoms with Crippen molar-refractivity contribution in [2.45, 2.75) is 50.2 Å². The van der Waals surface area contributed by atoms with E-state index in [2.05, 4.69) is 0 Å². The largest absolute Gasteiger partial charge is 0.480 e. The van der Waals surface area contributed by atoms with E-state index in [1.807, 2.05) is 0 Å². The molecule has 5 atom stereocenters. The SMILES string of the molecule is NC1COCC1C(=O)N1C(C(=O)O)CC2CCCCC21. The van der Waals surface area contributed by atoms with Crippen molar-refractivity contribution in [2.75, 3.05) is 13.2 Å². The molecule has 3 aliphatic rings. The van der Waals surface area contributed by atoms with Crippen LogP contribution in [0.15, 0.2) is 0 Å². The second kappa shape index (κ2) is 5.33. The summed E-state index contributed by atoms with van der Waals surface area (Å²) in [5.74, 6) is -1.04. The summed E-state index contributed by atoms with van der Waals surface area (Å²) in [6, 6.07) is -0.895. The molecule has 1 amide bonds. The molecule has 2 saturated heterocycles. The zero-order valence-corrected chi connectivity index (χ0v) is 11.5. The number of fused-ring (bicyclic) bond motifs is 1. The van der Waals surface area contributed by atoms with Gasteiger partial charge in [-0.25, -0.2) is 4.79 Å². The highest BCUT2D eigenvalue weighted by Crippen LogP contribution is 2.40. The summed E-state index contributed by atoms with van der Waals surface area (Å²) in [6.07, 6.45) is 4.76. The van der Waals surface area contributed by atoms with Crippen molar-refractivity contribution >= 4 is 11.9 Å². The lowest BCUT2D eigenvalue weighted by molar-refractivity contribution is -0.152. The molecule has 1 aliphatic carbocycles. The molecule has 2 aliphatic heterocycles. The fraction of sp³-hybridized carbons (Fsp3) is 0.857. The van der Waals surface area contributed by atoms with Crippen molar-refractivity contribution < 1.29 is 19.4 Å². The van der Waals surface area contributed by atoms with Crippen molar-refractivity contribution in [3.8, 4) is 0 Å². The molecule has 3 N–H and O–H groups in total. The van der Waals surface area contributed by atoms with Crippen LogP contribution in [0.5, 0.6) is 0 Å². The molecule has 0 spiro atoms. The minimum Gasteiger partial charge on any atom is -0.480 e. The first-order chi connectivity index (χ1) is 9.59. The van der Waals surface area contributed by atoms with Gasteiger partial charge in [0.2, 0.25) is 5.91 Å². The van der Waals surface area contributed by atoms with E-state index in [0.29, 0.717) is 25.6 Å². The summed E-state index contributed by atoms with van der Waals surface area (Å²) < 4.78 is 5.26. The maximum atomic E-state index is 12.7. The molecule has 6 heteroatoms. The molecule has 2 heterocycles. The van der Waals surface area contributed by atoms with Gasteiger partial charge >= 0.3 is 5.97 Å². The molecular formula is C14H22N2O4. The molecule has 112 valence electrons. The summed E-state index contributed by atoms with van der Waals surface area (Å²) in [5, 5.41) is 9.43. The molecule has 0 aromatic carbocycles. The summed E-state index contributed by atoms with van der Waals surface area (Å²) in [4.78, 5) is 25.9. The monoisotopic (exact) mass is 282 g/mol. The zero-order chi connectivity index (χ0) is 14.3. The number of carbonyl (C=O) groups is 2. The van der Waals surface area contributed by atoms with Crippen LogP contribution in [-0.4, -0.2) is 53.2 Å². The Bertz CT molecular complexity index is 414. The van der Waals surface area contributed by atoms with E-state index >= 15 is 0 Å². The van der Waals surface area contributed by atoms with E-state index in [4.69, 9.17) is 10.5 Å². The third kappa shape index (κ3) is 2.20. The predicted molar refractivity (Wildman–Crippen MR) is 70.9 cm³/mol. The van der Waals surface area contributed by atoms with Crippen LogP contribution < -0.4 is 5.73 Å². The van der Waals surface area contributed by atoms with Crippen molar-refractivity contribution in [3.63, 3.8) is 0 Å². The number of likely N-dealkylation sites (tertiary alicyclic amines) is 1. The number of carboxylic acid groups (broad SMARTS) is 1. The Hall–Kier alpha value is -1.14. The minimum absolute atomic E-state index is 0.0881. The van der Waals surface area contributed by atoms with Crippen LogP contribution in [0.3, 0.4) is 0 Å². The number of amides is 1. The average molecular weight is 282 g/mol. The van der Waals surface area contributed by atoms with E-state index in [1.165, 1.54) is 0 Å². The number of ether oxygens (including phenoxy) is 1. The maximum absolute atomic E-state index is 12.7. The highest BCUT2D eigenvalue weighted by Gasteiger charge is 2.50. The Balaban J connectivity index is 1.83. The molecule has 1 saturated carbocycles. The summed E-state index contributed by atoms with van der Waals surface area (Å²) >= 11 is 0. The molecular weight excluding hydrogens is 260 g/mol. The minimum atomic E-state index is -0.889. The van der Waals surface area contributed by atoms with Crippen LogP contribution in [0.4, 0.5) is 0 Å². The quantitative estimate of drug-likeness (QED) is 0.755. The summed E-state index contributed by atoms with van der Waals surface area (Å²) in [6.45, 7) is 0.705. The number of carboxylic acids is 1. The van der Waals surface area contributed by atoms with Gasteiger partial charge in [0.1, 0.15) is 6.04 Å². The van der Waals surface area contributed by atoms with Crippen molar-refractivity contribution in [3.05, 3.63) is 0 Å². The second-order valence-corrected chi connectivity index (χ2v) is 6.25. The summed E-state index contributed by atoms with van der Waals surface area (Å²) in [5.41, 5.74) is 5.92. The van der Waals surface area contributed by atoms with Gasteiger partial charge in [0.05, 0.1) is 19.1 Å². The smallest absolute Gasteiger partial charge is 0.326 e. The van der Waals surface area contributed by atoms with E-state index in [9.17, 15) is 14.7 Å². The van der Waals surface area contributed by atoms with Gasteiger partial charge in [-0.1, -0.05) is 12.8 Å². The molecule has 3 fully saturated rings. The number of nitrogens with two attached hydrogens (primary N) is 1. The van der Waals surface area contributed by atoms with Gasteiger partial charge in [0.25, 0.3) is 0 Å². The predicted octanol–water partition coefficient (Wildman–Crippen LogP) is 0.204. The molecule has 20 heavy (non-hydrogen) atoms. The number of hydrogen-bond donors (Lipinski definition) is 2.